The summed E-state index contributed by atoms with van der Waals surface area (Å²) in [6.45, 7) is 3.19. The van der Waals surface area contributed by atoms with Gasteiger partial charge < -0.3 is 15.3 Å². The molecular formula is C17H24ClN3O3. The van der Waals surface area contributed by atoms with Crippen molar-refractivity contribution in [1.29, 1.82) is 0 Å². The molecule has 7 heteroatoms. The lowest BCUT2D eigenvalue weighted by Gasteiger charge is -2.42. The van der Waals surface area contributed by atoms with Gasteiger partial charge in [-0.1, -0.05) is 30.7 Å². The van der Waals surface area contributed by atoms with Crippen molar-refractivity contribution in [3.63, 3.8) is 0 Å². The van der Waals surface area contributed by atoms with Gasteiger partial charge >= 0.3 is 12.0 Å². The van der Waals surface area contributed by atoms with Crippen molar-refractivity contribution in [2.45, 2.75) is 38.4 Å². The van der Waals surface area contributed by atoms with Crippen molar-refractivity contribution in [3.8, 4) is 0 Å². The third kappa shape index (κ3) is 5.11. The van der Waals surface area contributed by atoms with E-state index in [0.717, 1.165) is 18.4 Å². The average Bonchev–Trinajstić information content (AvgIpc) is 2.48. The highest BCUT2D eigenvalue weighted by atomic mass is 35.5. The number of amides is 2. The molecule has 1 aliphatic carbocycles. The first-order chi connectivity index (χ1) is 11.4. The summed E-state index contributed by atoms with van der Waals surface area (Å²) >= 11 is 5.95. The Balaban J connectivity index is 1.76. The normalized spacial score (nSPS) is 19.7. The van der Waals surface area contributed by atoms with Gasteiger partial charge in [-0.2, -0.15) is 0 Å². The maximum atomic E-state index is 12.2. The first-order valence-corrected chi connectivity index (χ1v) is 8.48. The number of halogens is 1. The van der Waals surface area contributed by atoms with Gasteiger partial charge in [-0.15, -0.1) is 0 Å². The highest BCUT2D eigenvalue weighted by molar-refractivity contribution is 6.30. The molecule has 2 rings (SSSR count). The number of urea groups is 1. The summed E-state index contributed by atoms with van der Waals surface area (Å²) in [5.74, 6) is -0.814. The molecule has 6 nitrogen and oxygen atoms in total. The fraction of sp³-hybridized carbons (Fsp3) is 0.529. The number of carbonyl (C=O) groups excluding carboxylic acids is 1. The largest absolute Gasteiger partial charge is 0.480 e. The number of carbonyl (C=O) groups is 2. The zero-order chi connectivity index (χ0) is 17.7. The fourth-order valence-corrected chi connectivity index (χ4v) is 3.16. The van der Waals surface area contributed by atoms with Crippen molar-refractivity contribution in [3.05, 3.63) is 34.9 Å². The van der Waals surface area contributed by atoms with E-state index in [4.69, 9.17) is 16.7 Å². The number of aliphatic carboxylic acids is 1. The highest BCUT2D eigenvalue weighted by Crippen LogP contribution is 2.25. The SMILES string of the molecule is CCN(CC(=O)O)C1CC(NC(=O)N(C)Cc2cccc(Cl)c2)C1. The molecule has 24 heavy (non-hydrogen) atoms. The number of carboxylic acids is 1. The molecule has 0 radical (unpaired) electrons. The van der Waals surface area contributed by atoms with E-state index in [1.807, 2.05) is 30.0 Å². The molecule has 1 aliphatic rings. The minimum atomic E-state index is -0.814. The van der Waals surface area contributed by atoms with Crippen LogP contribution < -0.4 is 5.32 Å². The lowest BCUT2D eigenvalue weighted by Crippen LogP contribution is -2.56. The Hall–Kier alpha value is -1.79. The molecule has 0 saturated heterocycles. The van der Waals surface area contributed by atoms with E-state index in [2.05, 4.69) is 5.32 Å². The average molecular weight is 354 g/mol. The molecule has 1 fully saturated rings. The quantitative estimate of drug-likeness (QED) is 0.789. The summed E-state index contributed by atoms with van der Waals surface area (Å²) < 4.78 is 0. The van der Waals surface area contributed by atoms with E-state index in [9.17, 15) is 9.59 Å². The number of nitrogens with zero attached hydrogens (tertiary/aromatic N) is 2. The van der Waals surface area contributed by atoms with Gasteiger partial charge in [-0.3, -0.25) is 9.69 Å². The zero-order valence-corrected chi connectivity index (χ0v) is 14.8. The summed E-state index contributed by atoms with van der Waals surface area (Å²) in [5.41, 5.74) is 0.977. The van der Waals surface area contributed by atoms with Crippen molar-refractivity contribution in [2.75, 3.05) is 20.1 Å². The Bertz CT molecular complexity index is 590. The third-order valence-electron chi connectivity index (χ3n) is 4.36. The number of nitrogens with one attached hydrogen (secondary N) is 1. The van der Waals surface area contributed by atoms with Crippen molar-refractivity contribution in [2.24, 2.45) is 0 Å². The molecule has 0 bridgehead atoms. The van der Waals surface area contributed by atoms with E-state index < -0.39 is 5.97 Å². The Morgan fingerprint density at radius 1 is 1.38 bits per heavy atom. The van der Waals surface area contributed by atoms with Crippen LogP contribution in [0.15, 0.2) is 24.3 Å². The Labute approximate surface area is 147 Å². The van der Waals surface area contributed by atoms with E-state index >= 15 is 0 Å². The molecular weight excluding hydrogens is 330 g/mol. The maximum absolute atomic E-state index is 12.2. The first-order valence-electron chi connectivity index (χ1n) is 8.11. The molecule has 0 aliphatic heterocycles. The van der Waals surface area contributed by atoms with E-state index in [1.54, 1.807) is 18.0 Å². The summed E-state index contributed by atoms with van der Waals surface area (Å²) in [6, 6.07) is 7.65. The number of carboxylic acid groups (broad SMARTS) is 1. The van der Waals surface area contributed by atoms with Gasteiger partial charge in [0.05, 0.1) is 6.54 Å². The predicted molar refractivity (Wildman–Crippen MR) is 93.1 cm³/mol. The molecule has 2 amide bonds. The second-order valence-corrected chi connectivity index (χ2v) is 6.65. The van der Waals surface area contributed by atoms with Crippen LogP contribution in [-0.2, 0) is 11.3 Å². The standard InChI is InChI=1S/C17H24ClN3O3/c1-3-21(11-16(22)23)15-8-14(9-15)19-17(24)20(2)10-12-5-4-6-13(18)7-12/h4-7,14-15H,3,8-11H2,1-2H3,(H,19,24)(H,22,23). The van der Waals surface area contributed by atoms with E-state index in [-0.39, 0.29) is 24.7 Å². The lowest BCUT2D eigenvalue weighted by molar-refractivity contribution is -0.139. The summed E-state index contributed by atoms with van der Waals surface area (Å²) in [7, 11) is 1.75. The molecule has 1 aromatic carbocycles. The van der Waals surface area contributed by atoms with Gasteiger partial charge in [-0.05, 0) is 37.1 Å². The molecule has 1 aromatic rings. The van der Waals surface area contributed by atoms with Crippen LogP contribution in [0, 0.1) is 0 Å². The number of hydrogen-bond acceptors (Lipinski definition) is 3. The monoisotopic (exact) mass is 353 g/mol. The Morgan fingerprint density at radius 3 is 2.67 bits per heavy atom. The van der Waals surface area contributed by atoms with Crippen molar-refractivity contribution in [1.82, 2.24) is 15.1 Å². The van der Waals surface area contributed by atoms with Crippen molar-refractivity contribution >= 4 is 23.6 Å². The van der Waals surface area contributed by atoms with Crippen LogP contribution in [-0.4, -0.2) is 59.1 Å². The first kappa shape index (κ1) is 18.5. The molecule has 0 aromatic heterocycles. The van der Waals surface area contributed by atoms with Crippen LogP contribution in [0.4, 0.5) is 4.79 Å². The number of likely N-dealkylation sites (N-methyl/N-ethyl adjacent to an activating group) is 1. The summed E-state index contributed by atoms with van der Waals surface area (Å²) in [5, 5.41) is 12.5. The van der Waals surface area contributed by atoms with Gasteiger partial charge in [0.1, 0.15) is 0 Å². The molecule has 132 valence electrons. The zero-order valence-electron chi connectivity index (χ0n) is 14.0. The minimum Gasteiger partial charge on any atom is -0.480 e. The number of rotatable bonds is 7. The fourth-order valence-electron chi connectivity index (χ4n) is 2.94. The highest BCUT2D eigenvalue weighted by Gasteiger charge is 2.35. The molecule has 1 saturated carbocycles. The Morgan fingerprint density at radius 2 is 2.08 bits per heavy atom. The smallest absolute Gasteiger partial charge is 0.317 e. The second kappa shape index (κ2) is 8.35. The van der Waals surface area contributed by atoms with Crippen LogP contribution in [0.5, 0.6) is 0 Å². The van der Waals surface area contributed by atoms with E-state index in [0.29, 0.717) is 18.1 Å². The molecule has 0 atom stereocenters. The topological polar surface area (TPSA) is 72.9 Å². The number of benzene rings is 1. The van der Waals surface area contributed by atoms with Crippen molar-refractivity contribution < 1.29 is 14.7 Å². The minimum absolute atomic E-state index is 0.0521. The van der Waals surface area contributed by atoms with Crippen LogP contribution in [0.3, 0.4) is 0 Å². The lowest BCUT2D eigenvalue weighted by atomic mass is 9.85. The van der Waals surface area contributed by atoms with Gasteiger partial charge in [0.25, 0.3) is 0 Å². The third-order valence-corrected chi connectivity index (χ3v) is 4.59. The molecule has 0 heterocycles. The van der Waals surface area contributed by atoms with Gasteiger partial charge in [0.15, 0.2) is 0 Å². The van der Waals surface area contributed by atoms with Crippen LogP contribution in [0.1, 0.15) is 25.3 Å². The summed E-state index contributed by atoms with van der Waals surface area (Å²) in [6.07, 6.45) is 1.58. The molecule has 2 N–H and O–H groups in total. The molecule has 0 unspecified atom stereocenters. The maximum Gasteiger partial charge on any atom is 0.317 e. The Kier molecular flexibility index (Phi) is 6.45. The van der Waals surface area contributed by atoms with E-state index in [1.165, 1.54) is 0 Å². The van der Waals surface area contributed by atoms with Crippen LogP contribution >= 0.6 is 11.6 Å². The second-order valence-electron chi connectivity index (χ2n) is 6.21. The summed E-state index contributed by atoms with van der Waals surface area (Å²) in [4.78, 5) is 26.6. The number of hydrogen-bond donors (Lipinski definition) is 2. The predicted octanol–water partition coefficient (Wildman–Crippen LogP) is 2.42. The van der Waals surface area contributed by atoms with Gasteiger partial charge in [0.2, 0.25) is 0 Å². The molecule has 0 spiro atoms. The van der Waals surface area contributed by atoms with Gasteiger partial charge in [0, 0.05) is 30.7 Å². The van der Waals surface area contributed by atoms with Gasteiger partial charge in [-0.25, -0.2) is 4.79 Å². The van der Waals surface area contributed by atoms with Crippen LogP contribution in [0.25, 0.3) is 0 Å². The van der Waals surface area contributed by atoms with Crippen LogP contribution in [0.2, 0.25) is 5.02 Å².